The van der Waals surface area contributed by atoms with Gasteiger partial charge >= 0.3 is 0 Å². The molecule has 0 saturated carbocycles. The number of carbonyl (C=O) groups is 1. The minimum absolute atomic E-state index is 0.0604. The fraction of sp³-hybridized carbons (Fsp3) is 0.167. The van der Waals surface area contributed by atoms with Crippen molar-refractivity contribution < 1.29 is 19.2 Å². The summed E-state index contributed by atoms with van der Waals surface area (Å²) >= 11 is 0. The number of amides is 1. The Hall–Kier alpha value is -4.09. The van der Waals surface area contributed by atoms with E-state index in [1.165, 1.54) is 11.1 Å². The Balaban J connectivity index is 1.48. The van der Waals surface area contributed by atoms with Crippen LogP contribution in [0.5, 0.6) is 11.5 Å². The fourth-order valence-corrected chi connectivity index (χ4v) is 4.54. The van der Waals surface area contributed by atoms with Crippen molar-refractivity contribution >= 4 is 11.6 Å². The second-order valence-corrected chi connectivity index (χ2v) is 8.67. The maximum Gasteiger partial charge on any atom is 0.287 e. The van der Waals surface area contributed by atoms with E-state index in [1.54, 1.807) is 0 Å². The van der Waals surface area contributed by atoms with Crippen LogP contribution in [0.3, 0.4) is 0 Å². The van der Waals surface area contributed by atoms with Crippen LogP contribution >= 0.6 is 0 Å². The molecular formula is C30H29N2O3+. The van der Waals surface area contributed by atoms with E-state index in [2.05, 4.69) is 29.6 Å². The summed E-state index contributed by atoms with van der Waals surface area (Å²) in [5.41, 5.74) is 4.04. The first-order valence-electron chi connectivity index (χ1n) is 11.9. The molecule has 2 N–H and O–H groups in total. The molecule has 1 unspecified atom stereocenters. The molecule has 176 valence electrons. The van der Waals surface area contributed by atoms with Crippen LogP contribution in [0.4, 0.5) is 5.69 Å². The van der Waals surface area contributed by atoms with Gasteiger partial charge in [-0.05, 0) is 12.1 Å². The Labute approximate surface area is 205 Å². The summed E-state index contributed by atoms with van der Waals surface area (Å²) in [4.78, 5) is 15.0. The van der Waals surface area contributed by atoms with E-state index in [9.17, 15) is 4.79 Å². The van der Waals surface area contributed by atoms with Crippen molar-refractivity contribution in [1.82, 2.24) is 0 Å². The molecule has 5 heteroatoms. The molecular weight excluding hydrogens is 436 g/mol. The lowest BCUT2D eigenvalue weighted by molar-refractivity contribution is -0.948. The number of ether oxygens (including phenoxy) is 2. The number of fused-ring (bicyclic) bond motifs is 1. The van der Waals surface area contributed by atoms with Crippen molar-refractivity contribution in [1.29, 1.82) is 0 Å². The van der Waals surface area contributed by atoms with Gasteiger partial charge in [0.1, 0.15) is 26.3 Å². The summed E-state index contributed by atoms with van der Waals surface area (Å²) in [5.74, 6) is 1.30. The number of anilines is 1. The second-order valence-electron chi connectivity index (χ2n) is 8.67. The molecule has 0 saturated heterocycles. The van der Waals surface area contributed by atoms with Gasteiger partial charge in [0.25, 0.3) is 5.91 Å². The predicted molar refractivity (Wildman–Crippen MR) is 136 cm³/mol. The molecule has 0 spiro atoms. The highest BCUT2D eigenvalue weighted by Gasteiger charge is 2.32. The minimum atomic E-state index is -0.412. The monoisotopic (exact) mass is 465 g/mol. The Bertz CT molecular complexity index is 1210. The predicted octanol–water partition coefficient (Wildman–Crippen LogP) is 4.42. The molecule has 1 aliphatic heterocycles. The average molecular weight is 466 g/mol. The molecule has 1 aliphatic rings. The Morgan fingerprint density at radius 1 is 0.714 bits per heavy atom. The van der Waals surface area contributed by atoms with Crippen molar-refractivity contribution in [2.75, 3.05) is 18.5 Å². The summed E-state index contributed by atoms with van der Waals surface area (Å²) in [7, 11) is 0. The number of hydrogen-bond acceptors (Lipinski definition) is 3. The van der Waals surface area contributed by atoms with Gasteiger partial charge in [0.05, 0.1) is 0 Å². The van der Waals surface area contributed by atoms with Crippen LogP contribution in [0.2, 0.25) is 0 Å². The lowest BCUT2D eigenvalue weighted by Crippen LogP contribution is -3.10. The van der Waals surface area contributed by atoms with Crippen molar-refractivity contribution in [3.05, 3.63) is 126 Å². The van der Waals surface area contributed by atoms with Crippen molar-refractivity contribution in [3.63, 3.8) is 0 Å². The van der Waals surface area contributed by atoms with Crippen LogP contribution < -0.4 is 19.7 Å². The molecule has 35 heavy (non-hydrogen) atoms. The average Bonchev–Trinajstić information content (AvgIpc) is 2.90. The first-order chi connectivity index (χ1) is 17.3. The Morgan fingerprint density at radius 3 is 1.86 bits per heavy atom. The van der Waals surface area contributed by atoms with E-state index in [1.807, 2.05) is 84.9 Å². The fourth-order valence-electron chi connectivity index (χ4n) is 4.54. The molecule has 0 fully saturated rings. The van der Waals surface area contributed by atoms with Gasteiger partial charge in [-0.15, -0.1) is 0 Å². The standard InChI is InChI=1S/C30H28N2O3/c33-30(31-26-16-17-27-28(20-26)35-19-18-34-27)29(25-14-8-3-9-15-25)32(21-23-10-4-1-5-11-23)22-24-12-6-2-7-13-24/h1-17,20,29H,18-19,21-22H2,(H,31,33)/p+1. The number of benzene rings is 4. The Morgan fingerprint density at radius 2 is 1.26 bits per heavy atom. The summed E-state index contributed by atoms with van der Waals surface area (Å²) in [6.45, 7) is 2.46. The normalized spacial score (nSPS) is 13.3. The second kappa shape index (κ2) is 10.9. The maximum absolute atomic E-state index is 13.9. The van der Waals surface area contributed by atoms with Gasteiger partial charge in [0.15, 0.2) is 17.5 Å². The van der Waals surface area contributed by atoms with Gasteiger partial charge in [-0.2, -0.15) is 0 Å². The Kier molecular flexibility index (Phi) is 7.06. The molecule has 5 nitrogen and oxygen atoms in total. The van der Waals surface area contributed by atoms with E-state index in [-0.39, 0.29) is 5.91 Å². The number of nitrogens with one attached hydrogen (secondary N) is 2. The maximum atomic E-state index is 13.9. The highest BCUT2D eigenvalue weighted by molar-refractivity contribution is 5.95. The van der Waals surface area contributed by atoms with Gasteiger partial charge in [-0.1, -0.05) is 91.0 Å². The van der Waals surface area contributed by atoms with Gasteiger partial charge in [-0.25, -0.2) is 0 Å². The van der Waals surface area contributed by atoms with Crippen LogP contribution in [0, 0.1) is 0 Å². The van der Waals surface area contributed by atoms with Gasteiger partial charge in [-0.3, -0.25) is 4.79 Å². The van der Waals surface area contributed by atoms with Gasteiger partial charge in [0, 0.05) is 28.4 Å². The molecule has 1 amide bonds. The highest BCUT2D eigenvalue weighted by atomic mass is 16.6. The molecule has 1 atom stereocenters. The van der Waals surface area contributed by atoms with E-state index >= 15 is 0 Å². The topological polar surface area (TPSA) is 52.0 Å². The zero-order chi connectivity index (χ0) is 23.9. The summed E-state index contributed by atoms with van der Waals surface area (Å²) in [6, 6.07) is 35.8. The molecule has 0 radical (unpaired) electrons. The van der Waals surface area contributed by atoms with E-state index in [4.69, 9.17) is 9.47 Å². The number of hydrogen-bond donors (Lipinski definition) is 2. The van der Waals surface area contributed by atoms with Crippen molar-refractivity contribution in [2.45, 2.75) is 19.1 Å². The summed E-state index contributed by atoms with van der Waals surface area (Å²) in [5, 5.41) is 3.15. The first kappa shape index (κ1) is 22.7. The van der Waals surface area contributed by atoms with Crippen LogP contribution in [-0.2, 0) is 17.9 Å². The third kappa shape index (κ3) is 5.70. The lowest BCUT2D eigenvalue weighted by atomic mass is 10.0. The SMILES string of the molecule is O=C(Nc1ccc2c(c1)OCCO2)C(c1ccccc1)[NH+](Cc1ccccc1)Cc1ccccc1. The van der Waals surface area contributed by atoms with Crippen LogP contribution in [0.1, 0.15) is 22.7 Å². The molecule has 4 aromatic carbocycles. The first-order valence-corrected chi connectivity index (χ1v) is 11.9. The molecule has 0 aromatic heterocycles. The van der Waals surface area contributed by atoms with Crippen LogP contribution in [0.25, 0.3) is 0 Å². The van der Waals surface area contributed by atoms with Gasteiger partial charge < -0.3 is 19.7 Å². The minimum Gasteiger partial charge on any atom is -0.486 e. The summed E-state index contributed by atoms with van der Waals surface area (Å²) < 4.78 is 11.3. The smallest absolute Gasteiger partial charge is 0.287 e. The molecule has 1 heterocycles. The zero-order valence-corrected chi connectivity index (χ0v) is 19.5. The van der Waals surface area contributed by atoms with Gasteiger partial charge in [0.2, 0.25) is 0 Å². The quantitative estimate of drug-likeness (QED) is 0.405. The summed E-state index contributed by atoms with van der Waals surface area (Å²) in [6.07, 6.45) is 0. The van der Waals surface area contributed by atoms with Crippen molar-refractivity contribution in [2.24, 2.45) is 0 Å². The lowest BCUT2D eigenvalue weighted by Gasteiger charge is -2.29. The van der Waals surface area contributed by atoms with Crippen LogP contribution in [0.15, 0.2) is 109 Å². The van der Waals surface area contributed by atoms with E-state index in [0.717, 1.165) is 10.5 Å². The number of rotatable bonds is 8. The molecule has 0 bridgehead atoms. The number of quaternary nitrogens is 1. The highest BCUT2D eigenvalue weighted by Crippen LogP contribution is 2.32. The zero-order valence-electron chi connectivity index (χ0n) is 19.5. The van der Waals surface area contributed by atoms with E-state index < -0.39 is 6.04 Å². The number of carbonyl (C=O) groups excluding carboxylic acids is 1. The van der Waals surface area contributed by atoms with E-state index in [0.29, 0.717) is 43.5 Å². The van der Waals surface area contributed by atoms with Crippen LogP contribution in [-0.4, -0.2) is 19.1 Å². The van der Waals surface area contributed by atoms with Crippen molar-refractivity contribution in [3.8, 4) is 11.5 Å². The third-order valence-corrected chi connectivity index (χ3v) is 6.16. The largest absolute Gasteiger partial charge is 0.486 e. The molecule has 4 aromatic rings. The molecule has 5 rings (SSSR count). The molecule has 0 aliphatic carbocycles. The third-order valence-electron chi connectivity index (χ3n) is 6.16.